The van der Waals surface area contributed by atoms with E-state index in [1.807, 2.05) is 32.2 Å². The molecule has 0 aromatic rings. The van der Waals surface area contributed by atoms with Crippen LogP contribution >= 0.6 is 0 Å². The summed E-state index contributed by atoms with van der Waals surface area (Å²) in [6.07, 6.45) is 9.68. The van der Waals surface area contributed by atoms with E-state index >= 15 is 0 Å². The number of nitrogens with zero attached hydrogens (tertiary/aromatic N) is 1. The monoisotopic (exact) mass is 229 g/mol. The van der Waals surface area contributed by atoms with Gasteiger partial charge in [-0.2, -0.15) is 0 Å². The SMILES string of the molecule is C=CC(=C(C)CC1CC1)/C(=C/C(=C)C)N=CC. The van der Waals surface area contributed by atoms with Gasteiger partial charge >= 0.3 is 0 Å². The largest absolute Gasteiger partial charge is 0.261 e. The van der Waals surface area contributed by atoms with Gasteiger partial charge in [-0.3, -0.25) is 4.99 Å². The molecule has 0 saturated heterocycles. The molecule has 0 bridgehead atoms. The maximum absolute atomic E-state index is 4.43. The molecule has 0 aliphatic heterocycles. The number of aliphatic imine (C=N–C) groups is 1. The molecule has 17 heavy (non-hydrogen) atoms. The molecule has 1 heteroatoms. The van der Waals surface area contributed by atoms with Gasteiger partial charge in [-0.15, -0.1) is 0 Å². The zero-order valence-electron chi connectivity index (χ0n) is 11.3. The molecule has 0 aromatic heterocycles. The van der Waals surface area contributed by atoms with E-state index in [2.05, 4.69) is 25.1 Å². The van der Waals surface area contributed by atoms with E-state index in [-0.39, 0.29) is 0 Å². The predicted octanol–water partition coefficient (Wildman–Crippen LogP) is 4.84. The molecular formula is C16H23N. The lowest BCUT2D eigenvalue weighted by atomic mass is 10.0. The summed E-state index contributed by atoms with van der Waals surface area (Å²) >= 11 is 0. The highest BCUT2D eigenvalue weighted by Gasteiger charge is 2.22. The van der Waals surface area contributed by atoms with E-state index in [1.54, 1.807) is 0 Å². The van der Waals surface area contributed by atoms with Crippen LogP contribution in [0.2, 0.25) is 0 Å². The van der Waals surface area contributed by atoms with Crippen molar-refractivity contribution in [2.75, 3.05) is 0 Å². The summed E-state index contributed by atoms with van der Waals surface area (Å²) in [6, 6.07) is 0. The summed E-state index contributed by atoms with van der Waals surface area (Å²) in [4.78, 5) is 4.43. The first-order valence-electron chi connectivity index (χ1n) is 6.27. The molecule has 92 valence electrons. The molecular weight excluding hydrogens is 206 g/mol. The highest BCUT2D eigenvalue weighted by molar-refractivity contribution is 5.59. The van der Waals surface area contributed by atoms with Gasteiger partial charge in [-0.25, -0.2) is 0 Å². The van der Waals surface area contributed by atoms with E-state index in [4.69, 9.17) is 0 Å². The van der Waals surface area contributed by atoms with Crippen LogP contribution in [0.15, 0.2) is 52.7 Å². The minimum absolute atomic E-state index is 0.890. The molecule has 0 radical (unpaired) electrons. The second-order valence-corrected chi connectivity index (χ2v) is 4.81. The Morgan fingerprint density at radius 2 is 2.00 bits per heavy atom. The molecule has 0 amide bonds. The second-order valence-electron chi connectivity index (χ2n) is 4.81. The van der Waals surface area contributed by atoms with Gasteiger partial charge in [-0.1, -0.05) is 30.4 Å². The van der Waals surface area contributed by atoms with Gasteiger partial charge in [-0.05, 0) is 57.6 Å². The average molecular weight is 229 g/mol. The van der Waals surface area contributed by atoms with E-state index in [9.17, 15) is 0 Å². The Bertz CT molecular complexity index is 390. The van der Waals surface area contributed by atoms with Gasteiger partial charge in [0.05, 0.1) is 5.70 Å². The lowest BCUT2D eigenvalue weighted by Crippen LogP contribution is -1.92. The van der Waals surface area contributed by atoms with E-state index in [0.29, 0.717) is 0 Å². The van der Waals surface area contributed by atoms with Crippen LogP contribution in [-0.2, 0) is 0 Å². The van der Waals surface area contributed by atoms with Crippen molar-refractivity contribution in [1.82, 2.24) is 0 Å². The van der Waals surface area contributed by atoms with Crippen molar-refractivity contribution in [1.29, 1.82) is 0 Å². The minimum Gasteiger partial charge on any atom is -0.261 e. The zero-order valence-corrected chi connectivity index (χ0v) is 11.3. The third-order valence-corrected chi connectivity index (χ3v) is 2.88. The molecule has 0 atom stereocenters. The van der Waals surface area contributed by atoms with Crippen molar-refractivity contribution < 1.29 is 0 Å². The maximum atomic E-state index is 4.43. The lowest BCUT2D eigenvalue weighted by Gasteiger charge is -2.09. The first-order valence-corrected chi connectivity index (χ1v) is 6.27. The summed E-state index contributed by atoms with van der Waals surface area (Å²) < 4.78 is 0. The molecule has 1 nitrogen and oxygen atoms in total. The molecule has 0 unspecified atom stereocenters. The fourth-order valence-electron chi connectivity index (χ4n) is 1.92. The molecule has 0 aromatic carbocycles. The van der Waals surface area contributed by atoms with Crippen molar-refractivity contribution in [3.8, 4) is 0 Å². The third kappa shape index (κ3) is 4.56. The zero-order chi connectivity index (χ0) is 12.8. The Labute approximate surface area is 105 Å². The third-order valence-electron chi connectivity index (χ3n) is 2.88. The minimum atomic E-state index is 0.890. The van der Waals surface area contributed by atoms with Crippen LogP contribution in [0, 0.1) is 5.92 Å². The summed E-state index contributed by atoms with van der Waals surface area (Å²) in [6.45, 7) is 13.9. The molecule has 1 saturated carbocycles. The topological polar surface area (TPSA) is 12.4 Å². The summed E-state index contributed by atoms with van der Waals surface area (Å²) in [5.74, 6) is 0.890. The highest BCUT2D eigenvalue weighted by Crippen LogP contribution is 2.36. The van der Waals surface area contributed by atoms with Crippen LogP contribution in [0.25, 0.3) is 0 Å². The van der Waals surface area contributed by atoms with E-state index in [1.165, 1.54) is 24.8 Å². The normalized spacial score (nSPS) is 18.2. The standard InChI is InChI=1S/C16H23N/c1-6-15(13(5)11-14-8-9-14)16(17-7-2)10-12(3)4/h6-7,10,14H,1,3,8-9,11H2,2,4-5H3/b15-13?,16-10-,17-7?. The molecule has 1 fully saturated rings. The number of hydrogen-bond donors (Lipinski definition) is 0. The van der Waals surface area contributed by atoms with Gasteiger partial charge in [0, 0.05) is 6.21 Å². The quantitative estimate of drug-likeness (QED) is 0.456. The van der Waals surface area contributed by atoms with Crippen LogP contribution in [0.1, 0.15) is 40.0 Å². The van der Waals surface area contributed by atoms with Gasteiger partial charge in [0.1, 0.15) is 0 Å². The summed E-state index contributed by atoms with van der Waals surface area (Å²) in [7, 11) is 0. The number of allylic oxidation sites excluding steroid dienone is 4. The molecule has 0 N–H and O–H groups in total. The van der Waals surface area contributed by atoms with Crippen LogP contribution in [0.4, 0.5) is 0 Å². The lowest BCUT2D eigenvalue weighted by molar-refractivity contribution is 0.814. The van der Waals surface area contributed by atoms with Gasteiger partial charge in [0.15, 0.2) is 0 Å². The Hall–Kier alpha value is -1.37. The molecule has 0 heterocycles. The predicted molar refractivity (Wildman–Crippen MR) is 77.3 cm³/mol. The summed E-state index contributed by atoms with van der Waals surface area (Å²) in [5, 5.41) is 0. The van der Waals surface area contributed by atoms with Crippen molar-refractivity contribution in [3.63, 3.8) is 0 Å². The first kappa shape index (κ1) is 13.7. The average Bonchev–Trinajstić information content (AvgIpc) is 3.02. The van der Waals surface area contributed by atoms with Crippen LogP contribution in [-0.4, -0.2) is 6.21 Å². The van der Waals surface area contributed by atoms with Crippen LogP contribution < -0.4 is 0 Å². The maximum Gasteiger partial charge on any atom is 0.0699 e. The Morgan fingerprint density at radius 1 is 1.35 bits per heavy atom. The van der Waals surface area contributed by atoms with Crippen LogP contribution in [0.3, 0.4) is 0 Å². The van der Waals surface area contributed by atoms with Gasteiger partial charge < -0.3 is 0 Å². The molecule has 1 aliphatic carbocycles. The Kier molecular flexibility index (Phi) is 5.14. The van der Waals surface area contributed by atoms with Crippen molar-refractivity contribution in [2.24, 2.45) is 10.9 Å². The smallest absolute Gasteiger partial charge is 0.0699 e. The highest BCUT2D eigenvalue weighted by atomic mass is 14.7. The number of rotatable bonds is 6. The number of hydrogen-bond acceptors (Lipinski definition) is 1. The van der Waals surface area contributed by atoms with Crippen molar-refractivity contribution in [3.05, 3.63) is 47.7 Å². The van der Waals surface area contributed by atoms with E-state index in [0.717, 1.165) is 22.8 Å². The van der Waals surface area contributed by atoms with Gasteiger partial charge in [0.25, 0.3) is 0 Å². The molecule has 1 rings (SSSR count). The Morgan fingerprint density at radius 3 is 2.41 bits per heavy atom. The van der Waals surface area contributed by atoms with E-state index < -0.39 is 0 Å². The van der Waals surface area contributed by atoms with Crippen molar-refractivity contribution in [2.45, 2.75) is 40.0 Å². The van der Waals surface area contributed by atoms with Gasteiger partial charge in [0.2, 0.25) is 0 Å². The molecule has 0 spiro atoms. The summed E-state index contributed by atoms with van der Waals surface area (Å²) in [5.41, 5.74) is 4.55. The van der Waals surface area contributed by atoms with Crippen LogP contribution in [0.5, 0.6) is 0 Å². The fourth-order valence-corrected chi connectivity index (χ4v) is 1.92. The molecule has 1 aliphatic rings. The second kappa shape index (κ2) is 6.39. The first-order chi connectivity index (χ1) is 8.08. The fraction of sp³-hybridized carbons (Fsp3) is 0.438. The Balaban J connectivity index is 3.01. The van der Waals surface area contributed by atoms with Crippen molar-refractivity contribution >= 4 is 6.21 Å².